The van der Waals surface area contributed by atoms with Gasteiger partial charge in [-0.1, -0.05) is 13.3 Å². The van der Waals surface area contributed by atoms with Gasteiger partial charge in [0.1, 0.15) is 0 Å². The van der Waals surface area contributed by atoms with Gasteiger partial charge in [-0.15, -0.1) is 0 Å². The van der Waals surface area contributed by atoms with E-state index in [1.54, 1.807) is 0 Å². The lowest BCUT2D eigenvalue weighted by molar-refractivity contribution is -0.804. The van der Waals surface area contributed by atoms with Crippen molar-refractivity contribution in [1.29, 1.82) is 0 Å². The molecule has 0 saturated heterocycles. The summed E-state index contributed by atoms with van der Waals surface area (Å²) in [5, 5.41) is 0. The highest BCUT2D eigenvalue weighted by Crippen LogP contribution is 1.96. The molecule has 0 unspecified atom stereocenters. The lowest BCUT2D eigenvalue weighted by atomic mass is 10.3. The molecule has 0 aliphatic heterocycles. The van der Waals surface area contributed by atoms with Gasteiger partial charge in [0, 0.05) is 0 Å². The van der Waals surface area contributed by atoms with E-state index in [4.69, 9.17) is 0 Å². The maximum absolute atomic E-state index is 10.3. The predicted octanol–water partition coefficient (Wildman–Crippen LogP) is 1.02. The molecule has 0 radical (unpaired) electrons. The van der Waals surface area contributed by atoms with Crippen LogP contribution in [0, 0.1) is 0 Å². The maximum Gasteiger partial charge on any atom is 0.301 e. The highest BCUT2D eigenvalue weighted by atomic mass is 16.1. The van der Waals surface area contributed by atoms with Crippen LogP contribution >= 0.6 is 0 Å². The van der Waals surface area contributed by atoms with Crippen LogP contribution in [0.5, 0.6) is 0 Å². The van der Waals surface area contributed by atoms with E-state index in [-0.39, 0.29) is 0 Å². The van der Waals surface area contributed by atoms with Gasteiger partial charge in [0.25, 0.3) is 0 Å². The first-order valence-corrected chi connectivity index (χ1v) is 3.41. The number of carbonyl (C=O) groups excluding carboxylic acids is 1. The van der Waals surface area contributed by atoms with Gasteiger partial charge in [-0.25, -0.2) is 4.79 Å². The van der Waals surface area contributed by atoms with Crippen LogP contribution in [0.1, 0.15) is 19.8 Å². The number of amides is 1. The molecule has 0 aromatic carbocycles. The van der Waals surface area contributed by atoms with Gasteiger partial charge in [0.2, 0.25) is 0 Å². The molecular formula is C7H16NO+. The molecule has 2 heteroatoms. The SMILES string of the molecule is CCCC[N+](C)(C)C=O. The number of hydrogen-bond donors (Lipinski definition) is 0. The molecule has 0 saturated carbocycles. The van der Waals surface area contributed by atoms with Crippen LogP contribution in [0.4, 0.5) is 0 Å². The molecule has 0 aromatic heterocycles. The zero-order chi connectivity index (χ0) is 7.33. The Kier molecular flexibility index (Phi) is 3.47. The third kappa shape index (κ3) is 4.15. The second kappa shape index (κ2) is 3.62. The normalized spacial score (nSPS) is 11.4. The molecule has 54 valence electrons. The Morgan fingerprint density at radius 2 is 2.00 bits per heavy atom. The number of nitrogens with zero attached hydrogens (tertiary/aromatic N) is 1. The van der Waals surface area contributed by atoms with E-state index in [9.17, 15) is 4.79 Å². The molecule has 2 nitrogen and oxygen atoms in total. The van der Waals surface area contributed by atoms with Crippen LogP contribution in [0.3, 0.4) is 0 Å². The predicted molar refractivity (Wildman–Crippen MR) is 37.9 cm³/mol. The summed E-state index contributed by atoms with van der Waals surface area (Å²) in [4.78, 5) is 10.3. The molecule has 0 fully saturated rings. The summed E-state index contributed by atoms with van der Waals surface area (Å²) in [6.07, 6.45) is 3.27. The van der Waals surface area contributed by atoms with Gasteiger partial charge in [-0.2, -0.15) is 0 Å². The average molecular weight is 130 g/mol. The molecule has 0 atom stereocenters. The Morgan fingerprint density at radius 1 is 1.44 bits per heavy atom. The topological polar surface area (TPSA) is 17.1 Å². The summed E-state index contributed by atoms with van der Waals surface area (Å²) in [6, 6.07) is 0. The standard InChI is InChI=1S/C7H16NO/c1-4-5-6-8(2,3)7-9/h7H,4-6H2,1-3H3/q+1. The number of hydrogen-bond acceptors (Lipinski definition) is 1. The van der Waals surface area contributed by atoms with E-state index >= 15 is 0 Å². The summed E-state index contributed by atoms with van der Waals surface area (Å²) < 4.78 is 0.494. The molecule has 0 aliphatic rings. The smallest absolute Gasteiger partial charge is 0.268 e. The van der Waals surface area contributed by atoms with Gasteiger partial charge in [0.15, 0.2) is 0 Å². The summed E-state index contributed by atoms with van der Waals surface area (Å²) in [5.41, 5.74) is 0. The Balaban J connectivity index is 3.45. The second-order valence-corrected chi connectivity index (χ2v) is 2.96. The first-order chi connectivity index (χ1) is 4.12. The minimum Gasteiger partial charge on any atom is -0.268 e. The van der Waals surface area contributed by atoms with Gasteiger partial charge in [-0.05, 0) is 6.42 Å². The zero-order valence-corrected chi connectivity index (χ0v) is 6.55. The lowest BCUT2D eigenvalue weighted by Gasteiger charge is -2.20. The van der Waals surface area contributed by atoms with Crippen molar-refractivity contribution in [3.8, 4) is 0 Å². The van der Waals surface area contributed by atoms with Crippen molar-refractivity contribution in [3.63, 3.8) is 0 Å². The van der Waals surface area contributed by atoms with Crippen LogP contribution in [0.15, 0.2) is 0 Å². The first kappa shape index (κ1) is 8.63. The maximum atomic E-state index is 10.3. The molecular weight excluding hydrogens is 114 g/mol. The van der Waals surface area contributed by atoms with E-state index < -0.39 is 0 Å². The van der Waals surface area contributed by atoms with Crippen LogP contribution in [0.25, 0.3) is 0 Å². The zero-order valence-electron chi connectivity index (χ0n) is 6.55. The van der Waals surface area contributed by atoms with Crippen LogP contribution < -0.4 is 0 Å². The molecule has 0 rings (SSSR count). The molecule has 0 aliphatic carbocycles. The Hall–Kier alpha value is -0.370. The largest absolute Gasteiger partial charge is 0.301 e. The highest BCUT2D eigenvalue weighted by molar-refractivity contribution is 5.36. The van der Waals surface area contributed by atoms with Crippen molar-refractivity contribution < 1.29 is 9.28 Å². The number of unbranched alkanes of at least 4 members (excludes halogenated alkanes) is 1. The third-order valence-corrected chi connectivity index (χ3v) is 1.37. The van der Waals surface area contributed by atoms with Crippen molar-refractivity contribution in [2.75, 3.05) is 20.6 Å². The minimum atomic E-state index is 0.494. The summed E-state index contributed by atoms with van der Waals surface area (Å²) in [5.74, 6) is 0. The summed E-state index contributed by atoms with van der Waals surface area (Å²) in [7, 11) is 3.84. The average Bonchev–Trinajstić information content (AvgIpc) is 1.84. The van der Waals surface area contributed by atoms with Gasteiger partial charge in [-0.3, -0.25) is 4.48 Å². The Labute approximate surface area is 57.1 Å². The summed E-state index contributed by atoms with van der Waals surface area (Å²) in [6.45, 7) is 3.09. The number of quaternary nitrogens is 1. The second-order valence-electron chi connectivity index (χ2n) is 2.96. The van der Waals surface area contributed by atoms with Crippen molar-refractivity contribution in [3.05, 3.63) is 0 Å². The molecule has 1 amide bonds. The molecule has 0 aromatic rings. The van der Waals surface area contributed by atoms with Crippen molar-refractivity contribution in [2.24, 2.45) is 0 Å². The number of rotatable bonds is 4. The van der Waals surface area contributed by atoms with E-state index in [0.717, 1.165) is 25.8 Å². The van der Waals surface area contributed by atoms with Gasteiger partial charge < -0.3 is 0 Å². The molecule has 9 heavy (non-hydrogen) atoms. The van der Waals surface area contributed by atoms with Crippen LogP contribution in [-0.2, 0) is 4.79 Å². The minimum absolute atomic E-state index is 0.494. The van der Waals surface area contributed by atoms with Gasteiger partial charge in [0.05, 0.1) is 20.6 Å². The Bertz CT molecular complexity index is 88.9. The van der Waals surface area contributed by atoms with E-state index in [2.05, 4.69) is 6.92 Å². The van der Waals surface area contributed by atoms with Crippen LogP contribution in [0.2, 0.25) is 0 Å². The van der Waals surface area contributed by atoms with E-state index in [1.165, 1.54) is 0 Å². The fourth-order valence-corrected chi connectivity index (χ4v) is 0.618. The van der Waals surface area contributed by atoms with Crippen molar-refractivity contribution in [2.45, 2.75) is 19.8 Å². The monoisotopic (exact) mass is 130 g/mol. The van der Waals surface area contributed by atoms with E-state index in [0.29, 0.717) is 4.48 Å². The third-order valence-electron chi connectivity index (χ3n) is 1.37. The summed E-state index contributed by atoms with van der Waals surface area (Å²) >= 11 is 0. The highest BCUT2D eigenvalue weighted by Gasteiger charge is 2.10. The Morgan fingerprint density at radius 3 is 2.33 bits per heavy atom. The van der Waals surface area contributed by atoms with Crippen LogP contribution in [-0.4, -0.2) is 31.5 Å². The quantitative estimate of drug-likeness (QED) is 0.410. The fourth-order valence-electron chi connectivity index (χ4n) is 0.618. The fraction of sp³-hybridized carbons (Fsp3) is 0.857. The molecule has 0 bridgehead atoms. The van der Waals surface area contributed by atoms with Crippen molar-refractivity contribution >= 4 is 6.41 Å². The molecule has 0 heterocycles. The molecule has 0 spiro atoms. The lowest BCUT2D eigenvalue weighted by Crippen LogP contribution is -2.38. The first-order valence-electron chi connectivity index (χ1n) is 3.41. The number of carbonyl (C=O) groups is 1. The van der Waals surface area contributed by atoms with Gasteiger partial charge >= 0.3 is 6.41 Å². The molecule has 0 N–H and O–H groups in total. The van der Waals surface area contributed by atoms with E-state index in [1.807, 2.05) is 14.1 Å². The van der Waals surface area contributed by atoms with Crippen molar-refractivity contribution in [1.82, 2.24) is 0 Å².